The normalized spacial score (nSPS) is 16.1. The molecule has 3 aliphatic heterocycles. The Morgan fingerprint density at radius 3 is 0.561 bits per heavy atom. The minimum absolute atomic E-state index is 0.462. The van der Waals surface area contributed by atoms with Gasteiger partial charge in [-0.05, 0) is 113 Å². The van der Waals surface area contributed by atoms with Gasteiger partial charge in [-0.25, -0.2) is 0 Å². The van der Waals surface area contributed by atoms with Crippen LogP contribution in [0.25, 0.3) is 11.1 Å². The quantitative estimate of drug-likeness (QED) is 0.0662. The molecule has 2 saturated heterocycles. The molecule has 3 heterocycles. The van der Waals surface area contributed by atoms with Gasteiger partial charge in [0.15, 0.2) is 0 Å². The molecular weight excluding hydrogens is 1410 g/mol. The molecule has 31 heteroatoms. The maximum atomic E-state index is 6.68. The topological polar surface area (TPSA) is 258 Å². The van der Waals surface area contributed by atoms with E-state index in [0.717, 1.165) is 35.9 Å². The summed E-state index contributed by atoms with van der Waals surface area (Å²) < 4.78 is 161. The van der Waals surface area contributed by atoms with E-state index in [9.17, 15) is 0 Å². The third kappa shape index (κ3) is 40.0. The minimum Gasteiger partial charge on any atom is -0.399 e. The van der Waals surface area contributed by atoms with Crippen molar-refractivity contribution in [1.82, 2.24) is 0 Å². The van der Waals surface area contributed by atoms with Crippen LogP contribution >= 0.6 is 0 Å². The number of benzene rings is 2. The second kappa shape index (κ2) is 59.4. The summed E-state index contributed by atoms with van der Waals surface area (Å²) in [5.74, 6) is 0. The number of hydrogen-bond acceptors (Lipinski definition) is 28. The Morgan fingerprint density at radius 2 is 0.393 bits per heavy atom. The molecule has 3 aliphatic rings. The summed E-state index contributed by atoms with van der Waals surface area (Å²) in [5, 5.41) is 2.77. The molecule has 0 amide bonds. The summed E-state index contributed by atoms with van der Waals surface area (Å²) in [7, 11) is -0.292. The first-order chi connectivity index (χ1) is 52.2. The highest BCUT2D eigenvalue weighted by molar-refractivity contribution is 7.06. The van der Waals surface area contributed by atoms with E-state index >= 15 is 0 Å². The van der Waals surface area contributed by atoms with Gasteiger partial charge in [-0.1, -0.05) is 36.4 Å². The minimum atomic E-state index is -2.59. The fraction of sp³-hybridized carbons (Fsp3) is 0.842. The molecule has 107 heavy (non-hydrogen) atoms. The third-order valence-electron chi connectivity index (χ3n) is 18.5. The van der Waals surface area contributed by atoms with Gasteiger partial charge in [0.05, 0.1) is 313 Å². The van der Waals surface area contributed by atoms with Gasteiger partial charge in [0.2, 0.25) is 0 Å². The molecule has 28 nitrogen and oxygen atoms in total. The molecular formula is C76H136B2O28Si. The molecule has 5 rings (SSSR count). The van der Waals surface area contributed by atoms with Crippen LogP contribution in [0.5, 0.6) is 0 Å². The third-order valence-corrected chi connectivity index (χ3v) is 23.9. The highest BCUT2D eigenvalue weighted by Gasteiger charge is 2.55. The lowest BCUT2D eigenvalue weighted by atomic mass is 9.77. The highest BCUT2D eigenvalue weighted by atomic mass is 28.3. The first kappa shape index (κ1) is 95.3. The van der Waals surface area contributed by atoms with Crippen LogP contribution in [0, 0.1) is 0 Å². The number of rotatable bonds is 76. The van der Waals surface area contributed by atoms with Gasteiger partial charge < -0.3 is 132 Å². The van der Waals surface area contributed by atoms with Gasteiger partial charge in [-0.2, -0.15) is 0 Å². The predicted molar refractivity (Wildman–Crippen MR) is 409 cm³/mol. The van der Waals surface area contributed by atoms with E-state index in [4.69, 9.17) is 132 Å². The molecule has 0 aromatic heterocycles. The van der Waals surface area contributed by atoms with Crippen molar-refractivity contribution in [2.75, 3.05) is 318 Å². The van der Waals surface area contributed by atoms with Crippen molar-refractivity contribution in [3.63, 3.8) is 0 Å². The standard InChI is InChI=1S/C76H136B2O28Si/c1-73(2)74(3,4)104-77(103-73)67-13-15-69-70-16-14-68(78-105-75(5,6)76(7,8)106-78)66-72(70)107(71(69)65-67,63-11-17-81-23-25-85-31-33-89-39-41-93-47-49-97-55-57-101-61-59-99-53-51-95-45-43-91-37-35-87-29-27-83-21-19-79-9)64-12-18-82-24-26-86-32-34-90-40-42-94-48-50-98-56-58-102-62-60-100-54-52-96-46-44-92-38-36-88-30-28-84-22-20-80-10/h13-16,65-66H,11-12,17-64H2,1-10H3. The Morgan fingerprint density at radius 1 is 0.234 bits per heavy atom. The molecule has 0 aliphatic carbocycles. The van der Waals surface area contributed by atoms with Gasteiger partial charge in [0.1, 0.15) is 8.07 Å². The average molecular weight is 1550 g/mol. The predicted octanol–water partition coefficient (Wildman–Crippen LogP) is 4.27. The molecule has 0 unspecified atom stereocenters. The summed E-state index contributed by atoms with van der Waals surface area (Å²) in [5.41, 5.74) is 2.63. The lowest BCUT2D eigenvalue weighted by Crippen LogP contribution is -2.57. The fourth-order valence-electron chi connectivity index (χ4n) is 11.3. The van der Waals surface area contributed by atoms with E-state index in [1.165, 1.54) is 21.5 Å². The molecule has 2 fully saturated rings. The second-order valence-corrected chi connectivity index (χ2v) is 31.8. The van der Waals surface area contributed by atoms with Crippen LogP contribution < -0.4 is 21.3 Å². The second-order valence-electron chi connectivity index (χ2n) is 27.5. The SMILES string of the molecule is COCCOCCOCCOCCOCCOCCOCCOCCOCCOCCOCCOCCC[Si]1(CCCOCCOCCOCCOCCOCCOCCOCCOCCOCCOCCOCCOC)c2cc(B3OC(C)(C)C(C)(C)O3)ccc2-c2ccc(B3OC(C)(C)C(C)(C)O3)cc21. The molecule has 2 aromatic carbocycles. The molecule has 618 valence electrons. The van der Waals surface area contributed by atoms with Crippen LogP contribution in [0.4, 0.5) is 0 Å². The highest BCUT2D eigenvalue weighted by Crippen LogP contribution is 2.40. The van der Waals surface area contributed by atoms with Crippen molar-refractivity contribution in [3.8, 4) is 11.1 Å². The van der Waals surface area contributed by atoms with Crippen LogP contribution in [0.3, 0.4) is 0 Å². The van der Waals surface area contributed by atoms with E-state index < -0.39 is 44.7 Å². The molecule has 2 aromatic rings. The van der Waals surface area contributed by atoms with Gasteiger partial charge in [-0.15, -0.1) is 0 Å². The summed E-state index contributed by atoms with van der Waals surface area (Å²) >= 11 is 0. The van der Waals surface area contributed by atoms with Crippen LogP contribution in [0.1, 0.15) is 68.2 Å². The molecule has 0 atom stereocenters. The van der Waals surface area contributed by atoms with Crippen molar-refractivity contribution in [3.05, 3.63) is 36.4 Å². The average Bonchev–Trinajstić information content (AvgIpc) is 1.56. The maximum absolute atomic E-state index is 6.68. The largest absolute Gasteiger partial charge is 0.494 e. The van der Waals surface area contributed by atoms with Crippen molar-refractivity contribution in [1.29, 1.82) is 0 Å². The lowest BCUT2D eigenvalue weighted by Gasteiger charge is -2.32. The Hall–Kier alpha value is -2.33. The first-order valence-corrected chi connectivity index (χ1v) is 41.3. The summed E-state index contributed by atoms with van der Waals surface area (Å²) in [6, 6.07) is 15.6. The maximum Gasteiger partial charge on any atom is 0.494 e. The molecule has 0 radical (unpaired) electrons. The van der Waals surface area contributed by atoms with E-state index in [1.807, 2.05) is 0 Å². The van der Waals surface area contributed by atoms with Gasteiger partial charge in [0, 0.05) is 27.4 Å². The van der Waals surface area contributed by atoms with Gasteiger partial charge in [-0.3, -0.25) is 0 Å². The Bertz CT molecular complexity index is 2270. The summed E-state index contributed by atoms with van der Waals surface area (Å²) in [6.45, 7) is 39.9. The fourth-order valence-corrected chi connectivity index (χ4v) is 16.8. The van der Waals surface area contributed by atoms with Gasteiger partial charge in [0.25, 0.3) is 0 Å². The number of hydrogen-bond donors (Lipinski definition) is 0. The van der Waals surface area contributed by atoms with E-state index in [2.05, 4.69) is 91.8 Å². The Labute approximate surface area is 641 Å². The molecule has 0 bridgehead atoms. The van der Waals surface area contributed by atoms with Crippen LogP contribution in [0.2, 0.25) is 12.1 Å². The van der Waals surface area contributed by atoms with Crippen LogP contribution in [-0.2, 0) is 132 Å². The molecule has 0 spiro atoms. The van der Waals surface area contributed by atoms with Crippen molar-refractivity contribution < 1.29 is 132 Å². The smallest absolute Gasteiger partial charge is 0.399 e. The number of methoxy groups -OCH3 is 2. The Balaban J connectivity index is 0.917. The van der Waals surface area contributed by atoms with Crippen LogP contribution in [-0.4, -0.2) is 363 Å². The van der Waals surface area contributed by atoms with Crippen molar-refractivity contribution in [2.24, 2.45) is 0 Å². The van der Waals surface area contributed by atoms with Crippen molar-refractivity contribution >= 4 is 43.6 Å². The number of ether oxygens (including phenoxy) is 24. The number of fused-ring (bicyclic) bond motifs is 3. The summed E-state index contributed by atoms with van der Waals surface area (Å²) in [6.07, 6.45) is 1.72. The lowest BCUT2D eigenvalue weighted by molar-refractivity contribution is -0.0280. The van der Waals surface area contributed by atoms with E-state index in [0.29, 0.717) is 304 Å². The van der Waals surface area contributed by atoms with E-state index in [-0.39, 0.29) is 0 Å². The molecule has 0 saturated carbocycles. The summed E-state index contributed by atoms with van der Waals surface area (Å²) in [4.78, 5) is 0. The zero-order valence-electron chi connectivity index (χ0n) is 66.9. The zero-order valence-corrected chi connectivity index (χ0v) is 67.9. The monoisotopic (exact) mass is 1550 g/mol. The van der Waals surface area contributed by atoms with Gasteiger partial charge >= 0.3 is 14.2 Å². The van der Waals surface area contributed by atoms with Crippen molar-refractivity contribution in [2.45, 2.75) is 103 Å². The van der Waals surface area contributed by atoms with Crippen LogP contribution in [0.15, 0.2) is 36.4 Å². The Kier molecular flexibility index (Phi) is 52.9. The zero-order chi connectivity index (χ0) is 76.5. The molecule has 0 N–H and O–H groups in total. The van der Waals surface area contributed by atoms with E-state index in [1.54, 1.807) is 14.2 Å². The first-order valence-electron chi connectivity index (χ1n) is 38.9.